The molecule has 0 radical (unpaired) electrons. The lowest BCUT2D eigenvalue weighted by atomic mass is 10.1. The molecule has 3 heterocycles. The third-order valence-corrected chi connectivity index (χ3v) is 6.03. The Kier molecular flexibility index (Phi) is 6.20. The average molecular weight is 473 g/mol. The van der Waals surface area contributed by atoms with Crippen molar-refractivity contribution in [1.82, 2.24) is 24.1 Å². The molecule has 35 heavy (non-hydrogen) atoms. The van der Waals surface area contributed by atoms with Gasteiger partial charge < -0.3 is 10.6 Å². The standard InChI is InChI=1S/C24H24N8O3/c1-14-18(15(2)32-22(28-14)17(11-25)12-27-32)9-10-19(33)30(3)20-21(26)31(24(35)29-23(20)34)13-16-7-5-4-6-8-16/h4-8,12H,9-10,13,26H2,1-3H3,(H,29,34,35). The van der Waals surface area contributed by atoms with Gasteiger partial charge in [-0.2, -0.15) is 10.4 Å². The summed E-state index contributed by atoms with van der Waals surface area (Å²) in [6, 6.07) is 11.3. The molecule has 1 amide bonds. The summed E-state index contributed by atoms with van der Waals surface area (Å²) >= 11 is 0. The monoisotopic (exact) mass is 472 g/mol. The molecule has 0 aliphatic heterocycles. The molecule has 0 unspecified atom stereocenters. The minimum Gasteiger partial charge on any atom is -0.383 e. The van der Waals surface area contributed by atoms with Crippen LogP contribution in [0, 0.1) is 25.2 Å². The molecule has 3 aromatic heterocycles. The molecule has 0 aliphatic carbocycles. The van der Waals surface area contributed by atoms with Gasteiger partial charge in [-0.1, -0.05) is 30.3 Å². The highest BCUT2D eigenvalue weighted by Gasteiger charge is 2.22. The van der Waals surface area contributed by atoms with Crippen LogP contribution in [0.3, 0.4) is 0 Å². The number of hydrogen-bond acceptors (Lipinski definition) is 7. The van der Waals surface area contributed by atoms with Crippen molar-refractivity contribution in [2.75, 3.05) is 17.7 Å². The fourth-order valence-corrected chi connectivity index (χ4v) is 4.10. The van der Waals surface area contributed by atoms with Crippen LogP contribution in [0.5, 0.6) is 0 Å². The van der Waals surface area contributed by atoms with Crippen molar-refractivity contribution >= 4 is 23.1 Å². The second-order valence-corrected chi connectivity index (χ2v) is 8.18. The van der Waals surface area contributed by atoms with Crippen LogP contribution < -0.4 is 21.9 Å². The number of aryl methyl sites for hydroxylation is 2. The number of amides is 1. The highest BCUT2D eigenvalue weighted by atomic mass is 16.2. The molecule has 11 heteroatoms. The molecule has 0 saturated heterocycles. The Bertz CT molecular complexity index is 1590. The lowest BCUT2D eigenvalue weighted by Crippen LogP contribution is -2.39. The van der Waals surface area contributed by atoms with E-state index in [1.165, 1.54) is 22.7 Å². The maximum atomic E-state index is 13.1. The number of benzene rings is 1. The Morgan fingerprint density at radius 3 is 2.63 bits per heavy atom. The molecule has 0 saturated carbocycles. The average Bonchev–Trinajstić information content (AvgIpc) is 3.24. The lowest BCUT2D eigenvalue weighted by Gasteiger charge is -2.21. The number of H-pyrrole nitrogens is 1. The SMILES string of the molecule is Cc1nc2c(C#N)cnn2c(C)c1CCC(=O)N(C)c1c(N)n(Cc2ccccc2)c(=O)[nH]c1=O. The number of anilines is 2. The second-order valence-electron chi connectivity index (χ2n) is 8.18. The number of aromatic amines is 1. The van der Waals surface area contributed by atoms with E-state index in [4.69, 9.17) is 5.73 Å². The summed E-state index contributed by atoms with van der Waals surface area (Å²) < 4.78 is 2.81. The first kappa shape index (κ1) is 23.4. The van der Waals surface area contributed by atoms with Crippen molar-refractivity contribution in [3.8, 4) is 6.07 Å². The van der Waals surface area contributed by atoms with Crippen LogP contribution in [-0.4, -0.2) is 37.1 Å². The summed E-state index contributed by atoms with van der Waals surface area (Å²) in [4.78, 5) is 46.0. The van der Waals surface area contributed by atoms with Crippen molar-refractivity contribution in [1.29, 1.82) is 5.26 Å². The number of carbonyl (C=O) groups excluding carboxylic acids is 1. The summed E-state index contributed by atoms with van der Waals surface area (Å²) in [5.41, 5.74) is 8.69. The minimum absolute atomic E-state index is 0.0639. The zero-order chi connectivity index (χ0) is 25.3. The summed E-state index contributed by atoms with van der Waals surface area (Å²) in [6.45, 7) is 3.81. The first-order valence-corrected chi connectivity index (χ1v) is 10.9. The number of hydrogen-bond donors (Lipinski definition) is 2. The highest BCUT2D eigenvalue weighted by Crippen LogP contribution is 2.21. The van der Waals surface area contributed by atoms with Gasteiger partial charge in [0.25, 0.3) is 5.56 Å². The van der Waals surface area contributed by atoms with Gasteiger partial charge >= 0.3 is 5.69 Å². The van der Waals surface area contributed by atoms with Crippen LogP contribution in [0.15, 0.2) is 46.1 Å². The van der Waals surface area contributed by atoms with Gasteiger partial charge in [-0.3, -0.25) is 19.1 Å². The number of rotatable bonds is 6. The molecule has 0 bridgehead atoms. The van der Waals surface area contributed by atoms with Gasteiger partial charge in [-0.05, 0) is 31.4 Å². The van der Waals surface area contributed by atoms with E-state index in [2.05, 4.69) is 21.1 Å². The predicted molar refractivity (Wildman–Crippen MR) is 130 cm³/mol. The van der Waals surface area contributed by atoms with Crippen LogP contribution in [0.1, 0.15) is 34.5 Å². The van der Waals surface area contributed by atoms with E-state index in [9.17, 15) is 19.6 Å². The van der Waals surface area contributed by atoms with E-state index in [0.29, 0.717) is 23.3 Å². The van der Waals surface area contributed by atoms with Crippen molar-refractivity contribution in [3.05, 3.63) is 85.4 Å². The Morgan fingerprint density at radius 2 is 1.94 bits per heavy atom. The largest absolute Gasteiger partial charge is 0.383 e. The zero-order valence-corrected chi connectivity index (χ0v) is 19.6. The highest BCUT2D eigenvalue weighted by molar-refractivity contribution is 5.95. The first-order chi connectivity index (χ1) is 16.7. The first-order valence-electron chi connectivity index (χ1n) is 10.9. The normalized spacial score (nSPS) is 10.9. The van der Waals surface area contributed by atoms with Gasteiger partial charge in [-0.15, -0.1) is 0 Å². The maximum absolute atomic E-state index is 13.1. The Morgan fingerprint density at radius 1 is 1.23 bits per heavy atom. The molecule has 4 rings (SSSR count). The lowest BCUT2D eigenvalue weighted by molar-refractivity contribution is -0.118. The van der Waals surface area contributed by atoms with Crippen LogP contribution in [0.25, 0.3) is 5.65 Å². The number of aromatic nitrogens is 5. The van der Waals surface area contributed by atoms with Crippen LogP contribution >= 0.6 is 0 Å². The number of carbonyl (C=O) groups is 1. The Hall–Kier alpha value is -4.72. The van der Waals surface area contributed by atoms with E-state index >= 15 is 0 Å². The number of nitrogens with one attached hydrogen (secondary N) is 1. The van der Waals surface area contributed by atoms with Crippen LogP contribution in [-0.2, 0) is 17.8 Å². The Labute approximate surface area is 200 Å². The van der Waals surface area contributed by atoms with Crippen molar-refractivity contribution in [2.45, 2.75) is 33.2 Å². The Balaban J connectivity index is 1.60. The van der Waals surface area contributed by atoms with E-state index < -0.39 is 11.2 Å². The second kappa shape index (κ2) is 9.26. The summed E-state index contributed by atoms with van der Waals surface area (Å²) in [5, 5.41) is 13.5. The van der Waals surface area contributed by atoms with E-state index in [-0.39, 0.29) is 30.4 Å². The molecule has 178 valence electrons. The van der Waals surface area contributed by atoms with Crippen molar-refractivity contribution in [3.63, 3.8) is 0 Å². The number of nitrogens with zero attached hydrogens (tertiary/aromatic N) is 6. The number of nitrogens with two attached hydrogens (primary N) is 1. The molecule has 1 aromatic carbocycles. The molecule has 11 nitrogen and oxygen atoms in total. The molecule has 0 atom stereocenters. The van der Waals surface area contributed by atoms with E-state index in [1.54, 1.807) is 4.52 Å². The van der Waals surface area contributed by atoms with Gasteiger partial charge in [0.15, 0.2) is 11.3 Å². The van der Waals surface area contributed by atoms with Gasteiger partial charge in [0.1, 0.15) is 17.5 Å². The van der Waals surface area contributed by atoms with Gasteiger partial charge in [0.05, 0.1) is 12.7 Å². The summed E-state index contributed by atoms with van der Waals surface area (Å²) in [6.07, 6.45) is 1.86. The fourth-order valence-electron chi connectivity index (χ4n) is 4.10. The van der Waals surface area contributed by atoms with Gasteiger partial charge in [-0.25, -0.2) is 14.3 Å². The van der Waals surface area contributed by atoms with Gasteiger partial charge in [0, 0.05) is 24.9 Å². The van der Waals surface area contributed by atoms with Crippen LogP contribution in [0.4, 0.5) is 11.5 Å². The molecule has 0 fully saturated rings. The number of nitriles is 1. The number of fused-ring (bicyclic) bond motifs is 1. The van der Waals surface area contributed by atoms with E-state index in [1.807, 2.05) is 44.2 Å². The van der Waals surface area contributed by atoms with Gasteiger partial charge in [0.2, 0.25) is 5.91 Å². The van der Waals surface area contributed by atoms with Crippen LogP contribution in [0.2, 0.25) is 0 Å². The summed E-state index contributed by atoms with van der Waals surface area (Å²) in [5.74, 6) is -0.446. The number of nitrogen functional groups attached to an aromatic ring is 1. The third-order valence-electron chi connectivity index (χ3n) is 6.03. The fraction of sp³-hybridized carbons (Fsp3) is 0.250. The minimum atomic E-state index is -0.733. The summed E-state index contributed by atoms with van der Waals surface area (Å²) in [7, 11) is 1.45. The molecule has 3 N–H and O–H groups in total. The third kappa shape index (κ3) is 4.29. The van der Waals surface area contributed by atoms with E-state index in [0.717, 1.165) is 16.8 Å². The molecular formula is C24H24N8O3. The molecule has 4 aromatic rings. The predicted octanol–water partition coefficient (Wildman–Crippen LogP) is 1.29. The quantitative estimate of drug-likeness (QED) is 0.428. The molecule has 0 spiro atoms. The molecule has 0 aliphatic rings. The molecular weight excluding hydrogens is 448 g/mol. The van der Waals surface area contributed by atoms with Crippen molar-refractivity contribution < 1.29 is 4.79 Å². The van der Waals surface area contributed by atoms with Crippen molar-refractivity contribution in [2.24, 2.45) is 0 Å². The smallest absolute Gasteiger partial charge is 0.330 e. The topological polar surface area (TPSA) is 155 Å². The maximum Gasteiger partial charge on any atom is 0.330 e. The zero-order valence-electron chi connectivity index (χ0n) is 19.6.